The van der Waals surface area contributed by atoms with E-state index in [4.69, 9.17) is 16.3 Å². The van der Waals surface area contributed by atoms with Gasteiger partial charge in [0.05, 0.1) is 26.7 Å². The monoisotopic (exact) mass is 610 g/mol. The fourth-order valence-corrected chi connectivity index (χ4v) is 6.13. The minimum Gasteiger partial charge on any atom is -0.488 e. The van der Waals surface area contributed by atoms with Gasteiger partial charge in [0.25, 0.3) is 10.0 Å². The van der Waals surface area contributed by atoms with Crippen LogP contribution in [0, 0.1) is 0 Å². The lowest BCUT2D eigenvalue weighted by atomic mass is 10.1. The molecular formula is C25H21ClF6N2O3S2. The average Bonchev–Trinajstić information content (AvgIpc) is 3.23. The van der Waals surface area contributed by atoms with E-state index < -0.39 is 45.4 Å². The van der Waals surface area contributed by atoms with Crippen LogP contribution in [0.5, 0.6) is 5.75 Å². The number of likely N-dealkylation sites (tertiary alicyclic amines) is 1. The molecule has 1 heterocycles. The predicted octanol–water partition coefficient (Wildman–Crippen LogP) is 7.41. The van der Waals surface area contributed by atoms with Crippen molar-refractivity contribution in [3.05, 3.63) is 76.8 Å². The molecule has 4 rings (SSSR count). The van der Waals surface area contributed by atoms with Crippen molar-refractivity contribution in [2.75, 3.05) is 24.9 Å². The van der Waals surface area contributed by atoms with Gasteiger partial charge in [0, 0.05) is 28.9 Å². The molecule has 0 saturated carbocycles. The molecule has 3 aromatic rings. The van der Waals surface area contributed by atoms with E-state index in [1.807, 2.05) is 11.9 Å². The van der Waals surface area contributed by atoms with Crippen molar-refractivity contribution in [3.8, 4) is 5.75 Å². The molecule has 0 amide bonds. The lowest BCUT2D eigenvalue weighted by Gasteiger charge is -2.19. The molecular weight excluding hydrogens is 590 g/mol. The lowest BCUT2D eigenvalue weighted by Crippen LogP contribution is -2.23. The fraction of sp³-hybridized carbons (Fsp3) is 0.280. The topological polar surface area (TPSA) is 58.6 Å². The summed E-state index contributed by atoms with van der Waals surface area (Å²) >= 11 is 7.29. The number of rotatable bonds is 7. The Hall–Kier alpha value is -2.61. The molecule has 1 aliphatic rings. The SMILES string of the molecule is CN1CC[C@@H](Oc2cc(NS(=O)(=O)c3ccc(Sc4ccc(C(F)(F)F)cc4)c(Cl)c3)ccc2C(F)(F)F)C1. The van der Waals surface area contributed by atoms with Crippen LogP contribution >= 0.6 is 23.4 Å². The molecule has 0 unspecified atom stereocenters. The summed E-state index contributed by atoms with van der Waals surface area (Å²) in [4.78, 5) is 2.49. The van der Waals surface area contributed by atoms with E-state index in [0.717, 1.165) is 48.2 Å². The zero-order chi connectivity index (χ0) is 28.6. The number of hydrogen-bond donors (Lipinski definition) is 1. The third-order valence-corrected chi connectivity index (χ3v) is 8.69. The van der Waals surface area contributed by atoms with Gasteiger partial charge in [-0.1, -0.05) is 23.4 Å². The summed E-state index contributed by atoms with van der Waals surface area (Å²) in [6.07, 6.45) is -9.13. The second-order valence-electron chi connectivity index (χ2n) is 8.82. The predicted molar refractivity (Wildman–Crippen MR) is 136 cm³/mol. The second-order valence-corrected chi connectivity index (χ2v) is 12.0. The van der Waals surface area contributed by atoms with E-state index in [0.29, 0.717) is 29.3 Å². The molecule has 210 valence electrons. The number of anilines is 1. The van der Waals surface area contributed by atoms with Crippen LogP contribution in [0.1, 0.15) is 17.5 Å². The summed E-state index contributed by atoms with van der Waals surface area (Å²) < 4.78 is 113. The third kappa shape index (κ3) is 7.33. The molecule has 1 fully saturated rings. The maximum atomic E-state index is 13.5. The number of nitrogens with zero attached hydrogens (tertiary/aromatic N) is 1. The van der Waals surface area contributed by atoms with Crippen molar-refractivity contribution in [2.24, 2.45) is 0 Å². The van der Waals surface area contributed by atoms with Crippen molar-refractivity contribution >= 4 is 39.1 Å². The van der Waals surface area contributed by atoms with Crippen LogP contribution in [-0.2, 0) is 22.4 Å². The normalized spacial score (nSPS) is 16.9. The Labute approximate surface area is 230 Å². The third-order valence-electron chi connectivity index (χ3n) is 5.80. The van der Waals surface area contributed by atoms with Gasteiger partial charge in [-0.15, -0.1) is 0 Å². The van der Waals surface area contributed by atoms with Crippen molar-refractivity contribution in [3.63, 3.8) is 0 Å². The van der Waals surface area contributed by atoms with E-state index in [1.165, 1.54) is 24.3 Å². The highest BCUT2D eigenvalue weighted by molar-refractivity contribution is 7.99. The van der Waals surface area contributed by atoms with Crippen molar-refractivity contribution in [1.29, 1.82) is 0 Å². The van der Waals surface area contributed by atoms with Crippen molar-refractivity contribution in [1.82, 2.24) is 4.90 Å². The largest absolute Gasteiger partial charge is 0.488 e. The standard InChI is InChI=1S/C25H21ClF6N2O3S2/c1-34-11-10-17(14-34)37-22-12-16(4-8-20(22)25(30,31)32)33-39(35,36)19-7-9-23(21(26)13-19)38-18-5-2-15(3-6-18)24(27,28)29/h2-9,12-13,17,33H,10-11,14H2,1H3/t17-/m1/s1. The maximum Gasteiger partial charge on any atom is 0.419 e. The summed E-state index contributed by atoms with van der Waals surface area (Å²) in [6.45, 7) is 1.09. The molecule has 1 atom stereocenters. The van der Waals surface area contributed by atoms with Crippen LogP contribution in [-0.4, -0.2) is 39.6 Å². The summed E-state index contributed by atoms with van der Waals surface area (Å²) in [5, 5.41) is 0.0181. The van der Waals surface area contributed by atoms with E-state index in [2.05, 4.69) is 4.72 Å². The minimum absolute atomic E-state index is 0.0181. The van der Waals surface area contributed by atoms with Gasteiger partial charge in [0.15, 0.2) is 0 Å². The Kier molecular flexibility index (Phi) is 8.36. The quantitative estimate of drug-likeness (QED) is 0.282. The van der Waals surface area contributed by atoms with Crippen LogP contribution in [0.2, 0.25) is 5.02 Å². The smallest absolute Gasteiger partial charge is 0.419 e. The van der Waals surface area contributed by atoms with Gasteiger partial charge in [0.2, 0.25) is 0 Å². The summed E-state index contributed by atoms with van der Waals surface area (Å²) in [5.41, 5.74) is -1.96. The highest BCUT2D eigenvalue weighted by Gasteiger charge is 2.36. The number of sulfonamides is 1. The van der Waals surface area contributed by atoms with E-state index >= 15 is 0 Å². The molecule has 0 radical (unpaired) electrons. The molecule has 0 bridgehead atoms. The first-order valence-electron chi connectivity index (χ1n) is 11.4. The molecule has 0 aromatic heterocycles. The number of likely N-dealkylation sites (N-methyl/N-ethyl adjacent to an activating group) is 1. The van der Waals surface area contributed by atoms with Crippen molar-refractivity contribution < 1.29 is 39.5 Å². The Bertz CT molecular complexity index is 1450. The highest BCUT2D eigenvalue weighted by Crippen LogP contribution is 2.40. The van der Waals surface area contributed by atoms with Crippen LogP contribution in [0.3, 0.4) is 0 Å². The molecule has 0 spiro atoms. The number of nitrogens with one attached hydrogen (secondary N) is 1. The number of hydrogen-bond acceptors (Lipinski definition) is 5. The molecule has 14 heteroatoms. The fourth-order valence-electron chi connectivity index (χ4n) is 3.87. The molecule has 0 aliphatic carbocycles. The first kappa shape index (κ1) is 29.4. The number of benzene rings is 3. The summed E-state index contributed by atoms with van der Waals surface area (Å²) in [6, 6.07) is 10.9. The van der Waals surface area contributed by atoms with Crippen LogP contribution in [0.4, 0.5) is 32.0 Å². The van der Waals surface area contributed by atoms with E-state index in [-0.39, 0.29) is 15.6 Å². The van der Waals surface area contributed by atoms with Gasteiger partial charge in [0.1, 0.15) is 11.9 Å². The molecule has 5 nitrogen and oxygen atoms in total. The molecule has 3 aromatic carbocycles. The number of halogens is 7. The van der Waals surface area contributed by atoms with Crippen LogP contribution < -0.4 is 9.46 Å². The maximum absolute atomic E-state index is 13.5. The molecule has 39 heavy (non-hydrogen) atoms. The van der Waals surface area contributed by atoms with Gasteiger partial charge >= 0.3 is 12.4 Å². The van der Waals surface area contributed by atoms with Gasteiger partial charge in [-0.25, -0.2) is 8.42 Å². The van der Waals surface area contributed by atoms with Gasteiger partial charge < -0.3 is 9.64 Å². The average molecular weight is 611 g/mol. The van der Waals surface area contributed by atoms with Gasteiger partial charge in [-0.05, 0) is 68.1 Å². The Morgan fingerprint density at radius 1 is 0.974 bits per heavy atom. The van der Waals surface area contributed by atoms with Crippen LogP contribution in [0.25, 0.3) is 0 Å². The Morgan fingerprint density at radius 3 is 2.23 bits per heavy atom. The number of alkyl halides is 6. The lowest BCUT2D eigenvalue weighted by molar-refractivity contribution is -0.139. The van der Waals surface area contributed by atoms with Crippen LogP contribution in [0.15, 0.2) is 75.4 Å². The summed E-state index contributed by atoms with van der Waals surface area (Å²) in [7, 11) is -2.45. The molecule has 1 saturated heterocycles. The Balaban J connectivity index is 1.53. The minimum atomic E-state index is -4.70. The zero-order valence-electron chi connectivity index (χ0n) is 20.1. The Morgan fingerprint density at radius 2 is 1.67 bits per heavy atom. The molecule has 1 N–H and O–H groups in total. The van der Waals surface area contributed by atoms with Gasteiger partial charge in [-0.3, -0.25) is 4.72 Å². The van der Waals surface area contributed by atoms with E-state index in [1.54, 1.807) is 0 Å². The highest BCUT2D eigenvalue weighted by atomic mass is 35.5. The first-order chi connectivity index (χ1) is 18.1. The van der Waals surface area contributed by atoms with E-state index in [9.17, 15) is 34.8 Å². The van der Waals surface area contributed by atoms with Crippen molar-refractivity contribution in [2.45, 2.75) is 39.6 Å². The summed E-state index contributed by atoms with van der Waals surface area (Å²) in [5.74, 6) is -0.482. The zero-order valence-corrected chi connectivity index (χ0v) is 22.5. The van der Waals surface area contributed by atoms with Gasteiger partial charge in [-0.2, -0.15) is 26.3 Å². The second kappa shape index (κ2) is 11.1. The number of ether oxygens (including phenoxy) is 1. The first-order valence-corrected chi connectivity index (χ1v) is 14.0. The molecule has 1 aliphatic heterocycles.